The van der Waals surface area contributed by atoms with E-state index in [1.807, 2.05) is 0 Å². The van der Waals surface area contributed by atoms with Crippen molar-refractivity contribution in [2.75, 3.05) is 10.6 Å². The van der Waals surface area contributed by atoms with Gasteiger partial charge in [0.05, 0.1) is 18.4 Å². The number of anilines is 2. The molecule has 3 rings (SSSR count). The summed E-state index contributed by atoms with van der Waals surface area (Å²) in [5.41, 5.74) is 1.58. The van der Waals surface area contributed by atoms with Crippen molar-refractivity contribution in [2.45, 2.75) is 6.54 Å². The van der Waals surface area contributed by atoms with Crippen LogP contribution in [0.25, 0.3) is 0 Å². The third-order valence-electron chi connectivity index (χ3n) is 3.39. The summed E-state index contributed by atoms with van der Waals surface area (Å²) in [6.45, 7) is 0.294. The van der Waals surface area contributed by atoms with Gasteiger partial charge in [-0.2, -0.15) is 0 Å². The van der Waals surface area contributed by atoms with Crippen LogP contribution in [0.3, 0.4) is 0 Å². The molecule has 1 aromatic carbocycles. The molecule has 3 amide bonds. The molecule has 0 spiro atoms. The van der Waals surface area contributed by atoms with E-state index in [-0.39, 0.29) is 11.9 Å². The SMILES string of the molecule is O=C(NCc1ccco1)Nc1ccc(NC(=O)c2ccc(Cl)nc2)cc1. The fraction of sp³-hybridized carbons (Fsp3) is 0.0556. The summed E-state index contributed by atoms with van der Waals surface area (Å²) in [5, 5.41) is 8.43. The molecule has 0 radical (unpaired) electrons. The maximum atomic E-state index is 12.1. The van der Waals surface area contributed by atoms with Crippen LogP contribution in [0.1, 0.15) is 16.1 Å². The van der Waals surface area contributed by atoms with Gasteiger partial charge in [0.2, 0.25) is 0 Å². The van der Waals surface area contributed by atoms with Gasteiger partial charge in [-0.25, -0.2) is 9.78 Å². The predicted octanol–water partition coefficient (Wildman–Crippen LogP) is 3.90. The van der Waals surface area contributed by atoms with E-state index in [4.69, 9.17) is 16.0 Å². The lowest BCUT2D eigenvalue weighted by atomic mass is 10.2. The first-order valence-electron chi connectivity index (χ1n) is 7.70. The summed E-state index contributed by atoms with van der Waals surface area (Å²) < 4.78 is 5.14. The number of nitrogens with one attached hydrogen (secondary N) is 3. The molecule has 0 saturated heterocycles. The molecule has 0 saturated carbocycles. The standard InChI is InChI=1S/C18H15ClN4O3/c19-16-8-3-12(10-20-16)17(24)22-13-4-6-14(7-5-13)23-18(25)21-11-15-2-1-9-26-15/h1-10H,11H2,(H,22,24)(H2,21,23,25). The lowest BCUT2D eigenvalue weighted by molar-refractivity contribution is 0.102. The number of benzene rings is 1. The van der Waals surface area contributed by atoms with Crippen LogP contribution in [-0.2, 0) is 6.54 Å². The Kier molecular flexibility index (Phi) is 5.50. The number of carbonyl (C=O) groups excluding carboxylic acids is 2. The summed E-state index contributed by atoms with van der Waals surface area (Å²) in [6.07, 6.45) is 2.94. The second kappa shape index (κ2) is 8.17. The number of amides is 3. The second-order valence-corrected chi connectivity index (χ2v) is 5.68. The average Bonchev–Trinajstić information content (AvgIpc) is 3.16. The maximum absolute atomic E-state index is 12.1. The number of carbonyl (C=O) groups is 2. The van der Waals surface area contributed by atoms with E-state index < -0.39 is 0 Å². The highest BCUT2D eigenvalue weighted by Crippen LogP contribution is 2.15. The number of rotatable bonds is 5. The summed E-state index contributed by atoms with van der Waals surface area (Å²) in [7, 11) is 0. The van der Waals surface area contributed by atoms with Crippen molar-refractivity contribution < 1.29 is 14.0 Å². The highest BCUT2D eigenvalue weighted by molar-refractivity contribution is 6.29. The van der Waals surface area contributed by atoms with Gasteiger partial charge in [0.25, 0.3) is 5.91 Å². The summed E-state index contributed by atoms with van der Waals surface area (Å²) in [6, 6.07) is 13.0. The first kappa shape index (κ1) is 17.5. The molecule has 0 aliphatic heterocycles. The Morgan fingerprint density at radius 3 is 2.35 bits per heavy atom. The zero-order valence-corrected chi connectivity index (χ0v) is 14.3. The quantitative estimate of drug-likeness (QED) is 0.593. The molecule has 8 heteroatoms. The lowest BCUT2D eigenvalue weighted by Gasteiger charge is -2.08. The number of furan rings is 1. The van der Waals surface area contributed by atoms with Gasteiger partial charge in [-0.05, 0) is 48.5 Å². The van der Waals surface area contributed by atoms with Crippen LogP contribution in [0, 0.1) is 0 Å². The number of pyridine rings is 1. The monoisotopic (exact) mass is 370 g/mol. The summed E-state index contributed by atoms with van der Waals surface area (Å²) in [5.74, 6) is 0.362. The first-order valence-corrected chi connectivity index (χ1v) is 8.08. The largest absolute Gasteiger partial charge is 0.467 e. The topological polar surface area (TPSA) is 96.3 Å². The van der Waals surface area contributed by atoms with Crippen molar-refractivity contribution in [1.29, 1.82) is 0 Å². The summed E-state index contributed by atoms with van der Waals surface area (Å²) in [4.78, 5) is 27.8. The molecule has 0 aliphatic carbocycles. The fourth-order valence-corrected chi connectivity index (χ4v) is 2.22. The Morgan fingerprint density at radius 2 is 1.73 bits per heavy atom. The minimum absolute atomic E-state index is 0.294. The van der Waals surface area contributed by atoms with E-state index in [1.54, 1.807) is 54.8 Å². The third-order valence-corrected chi connectivity index (χ3v) is 3.62. The molecule has 2 heterocycles. The molecule has 3 N–H and O–H groups in total. The molecule has 26 heavy (non-hydrogen) atoms. The molecule has 0 unspecified atom stereocenters. The molecule has 0 fully saturated rings. The number of urea groups is 1. The fourth-order valence-electron chi connectivity index (χ4n) is 2.11. The van der Waals surface area contributed by atoms with E-state index in [0.29, 0.717) is 34.4 Å². The van der Waals surface area contributed by atoms with Crippen LogP contribution in [0.4, 0.5) is 16.2 Å². The van der Waals surface area contributed by atoms with Crippen molar-refractivity contribution in [3.8, 4) is 0 Å². The zero-order chi connectivity index (χ0) is 18.4. The minimum atomic E-state index is -0.356. The normalized spacial score (nSPS) is 10.2. The molecule has 0 atom stereocenters. The number of hydrogen-bond donors (Lipinski definition) is 3. The van der Waals surface area contributed by atoms with Gasteiger partial charge >= 0.3 is 6.03 Å². The highest BCUT2D eigenvalue weighted by atomic mass is 35.5. The van der Waals surface area contributed by atoms with E-state index >= 15 is 0 Å². The van der Waals surface area contributed by atoms with Crippen LogP contribution in [0.15, 0.2) is 65.4 Å². The van der Waals surface area contributed by atoms with Crippen LogP contribution >= 0.6 is 11.6 Å². The Balaban J connectivity index is 1.52. The van der Waals surface area contributed by atoms with Gasteiger partial charge in [0.1, 0.15) is 10.9 Å². The Bertz CT molecular complexity index is 878. The van der Waals surface area contributed by atoms with Crippen molar-refractivity contribution in [2.24, 2.45) is 0 Å². The Labute approximate surface area is 154 Å². The highest BCUT2D eigenvalue weighted by Gasteiger charge is 2.07. The molecule has 132 valence electrons. The van der Waals surface area contributed by atoms with Gasteiger partial charge in [0.15, 0.2) is 0 Å². The average molecular weight is 371 g/mol. The smallest absolute Gasteiger partial charge is 0.319 e. The summed E-state index contributed by atoms with van der Waals surface area (Å²) >= 11 is 5.70. The van der Waals surface area contributed by atoms with E-state index in [1.165, 1.54) is 6.20 Å². The maximum Gasteiger partial charge on any atom is 0.319 e. The van der Waals surface area contributed by atoms with Gasteiger partial charge < -0.3 is 20.4 Å². The second-order valence-electron chi connectivity index (χ2n) is 5.29. The van der Waals surface area contributed by atoms with Gasteiger partial charge in [0, 0.05) is 17.6 Å². The lowest BCUT2D eigenvalue weighted by Crippen LogP contribution is -2.27. The van der Waals surface area contributed by atoms with E-state index in [9.17, 15) is 9.59 Å². The van der Waals surface area contributed by atoms with Gasteiger partial charge in [-0.15, -0.1) is 0 Å². The number of halogens is 1. The van der Waals surface area contributed by atoms with Crippen LogP contribution in [0.2, 0.25) is 5.15 Å². The molecule has 3 aromatic rings. The molecular weight excluding hydrogens is 356 g/mol. The van der Waals surface area contributed by atoms with Crippen LogP contribution in [-0.4, -0.2) is 16.9 Å². The third kappa shape index (κ3) is 4.84. The molecule has 0 bridgehead atoms. The van der Waals surface area contributed by atoms with Crippen molar-refractivity contribution >= 4 is 34.9 Å². The van der Waals surface area contributed by atoms with Gasteiger partial charge in [-0.1, -0.05) is 11.6 Å². The zero-order valence-electron chi connectivity index (χ0n) is 13.5. The number of nitrogens with zero attached hydrogens (tertiary/aromatic N) is 1. The van der Waals surface area contributed by atoms with Crippen LogP contribution in [0.5, 0.6) is 0 Å². The number of hydrogen-bond acceptors (Lipinski definition) is 4. The number of aromatic nitrogens is 1. The first-order chi connectivity index (χ1) is 12.6. The molecule has 2 aromatic heterocycles. The molecule has 7 nitrogen and oxygen atoms in total. The minimum Gasteiger partial charge on any atom is -0.467 e. The van der Waals surface area contributed by atoms with Crippen molar-refractivity contribution in [3.05, 3.63) is 77.5 Å². The molecule has 0 aliphatic rings. The van der Waals surface area contributed by atoms with E-state index in [0.717, 1.165) is 0 Å². The van der Waals surface area contributed by atoms with Gasteiger partial charge in [-0.3, -0.25) is 4.79 Å². The Morgan fingerprint density at radius 1 is 1.00 bits per heavy atom. The molecular formula is C18H15ClN4O3. The van der Waals surface area contributed by atoms with E-state index in [2.05, 4.69) is 20.9 Å². The van der Waals surface area contributed by atoms with Crippen molar-refractivity contribution in [1.82, 2.24) is 10.3 Å². The Hall–Kier alpha value is -3.32. The predicted molar refractivity (Wildman–Crippen MR) is 98.2 cm³/mol. The van der Waals surface area contributed by atoms with Crippen LogP contribution < -0.4 is 16.0 Å². The van der Waals surface area contributed by atoms with Crippen molar-refractivity contribution in [3.63, 3.8) is 0 Å².